The molecule has 9 heteroatoms. The van der Waals surface area contributed by atoms with E-state index in [-0.39, 0.29) is 25.3 Å². The van der Waals surface area contributed by atoms with Gasteiger partial charge in [-0.2, -0.15) is 0 Å². The Morgan fingerprint density at radius 2 is 1.58 bits per heavy atom. The van der Waals surface area contributed by atoms with Gasteiger partial charge in [-0.1, -0.05) is 67.1 Å². The number of carboxylic acids is 1. The molecule has 3 aromatic rings. The monoisotopic (exact) mass is 447 g/mol. The van der Waals surface area contributed by atoms with Crippen molar-refractivity contribution in [2.75, 3.05) is 0 Å². The standard InChI is InChI=1S/C24H21N3O6/c1-2-27(24(31)33-16-19-11-7-4-8-12-19)21(22(28)29)13-20-14-26(17-25-20)23(30)32-15-18-9-5-3-6-10-18/h1,3-12,14,17,21H,13,15-16H2,(H,28,29). The summed E-state index contributed by atoms with van der Waals surface area (Å²) in [6.45, 7) is 0.00907. The average molecular weight is 447 g/mol. The number of carbonyl (C=O) groups is 3. The maximum Gasteiger partial charge on any atom is 0.422 e. The van der Waals surface area contributed by atoms with E-state index in [0.717, 1.165) is 15.7 Å². The smallest absolute Gasteiger partial charge is 0.422 e. The van der Waals surface area contributed by atoms with Crippen LogP contribution in [0.2, 0.25) is 0 Å². The van der Waals surface area contributed by atoms with Crippen LogP contribution in [0.15, 0.2) is 73.2 Å². The van der Waals surface area contributed by atoms with Crippen molar-refractivity contribution in [1.82, 2.24) is 14.5 Å². The number of carboxylic acid groups (broad SMARTS) is 1. The molecule has 1 aromatic heterocycles. The first-order valence-corrected chi connectivity index (χ1v) is 9.91. The fraction of sp³-hybridized carbons (Fsp3) is 0.167. The Balaban J connectivity index is 1.62. The van der Waals surface area contributed by atoms with Gasteiger partial charge in [-0.15, -0.1) is 0 Å². The predicted octanol–water partition coefficient (Wildman–Crippen LogP) is 3.29. The van der Waals surface area contributed by atoms with Crippen LogP contribution in [0, 0.1) is 12.5 Å². The Bertz CT molecular complexity index is 1140. The molecule has 0 aliphatic rings. The molecule has 1 N–H and O–H groups in total. The predicted molar refractivity (Wildman–Crippen MR) is 117 cm³/mol. The zero-order valence-corrected chi connectivity index (χ0v) is 17.5. The van der Waals surface area contributed by atoms with Gasteiger partial charge in [0.1, 0.15) is 19.5 Å². The summed E-state index contributed by atoms with van der Waals surface area (Å²) in [5.41, 5.74) is 1.77. The molecular weight excluding hydrogens is 426 g/mol. The van der Waals surface area contributed by atoms with Gasteiger partial charge in [-0.05, 0) is 11.1 Å². The third kappa shape index (κ3) is 6.45. The summed E-state index contributed by atoms with van der Waals surface area (Å²) in [5, 5.41) is 9.63. The van der Waals surface area contributed by atoms with Crippen LogP contribution < -0.4 is 0 Å². The first-order chi connectivity index (χ1) is 16.0. The van der Waals surface area contributed by atoms with Crippen molar-refractivity contribution in [1.29, 1.82) is 0 Å². The molecule has 33 heavy (non-hydrogen) atoms. The fourth-order valence-corrected chi connectivity index (χ4v) is 2.91. The van der Waals surface area contributed by atoms with E-state index >= 15 is 0 Å². The number of benzene rings is 2. The van der Waals surface area contributed by atoms with E-state index in [1.54, 1.807) is 24.3 Å². The largest absolute Gasteiger partial charge is 0.480 e. The number of imidazole rings is 1. The first kappa shape index (κ1) is 23.1. The number of ether oxygens (including phenoxy) is 2. The van der Waals surface area contributed by atoms with Crippen LogP contribution in [0.25, 0.3) is 0 Å². The highest BCUT2D eigenvalue weighted by Gasteiger charge is 2.31. The molecule has 1 heterocycles. The Kier molecular flexibility index (Phi) is 7.81. The van der Waals surface area contributed by atoms with E-state index in [0.29, 0.717) is 4.90 Å². The molecule has 1 atom stereocenters. The van der Waals surface area contributed by atoms with Crippen LogP contribution in [0.5, 0.6) is 0 Å². The van der Waals surface area contributed by atoms with Crippen molar-refractivity contribution >= 4 is 18.2 Å². The normalized spacial score (nSPS) is 11.1. The second kappa shape index (κ2) is 11.2. The lowest BCUT2D eigenvalue weighted by atomic mass is 10.1. The summed E-state index contributed by atoms with van der Waals surface area (Å²) >= 11 is 0. The number of nitrogens with zero attached hydrogens (tertiary/aromatic N) is 3. The number of rotatable bonds is 8. The van der Waals surface area contributed by atoms with Gasteiger partial charge in [0.05, 0.1) is 5.69 Å². The highest BCUT2D eigenvalue weighted by Crippen LogP contribution is 2.12. The first-order valence-electron chi connectivity index (χ1n) is 9.91. The molecule has 0 saturated carbocycles. The summed E-state index contributed by atoms with van der Waals surface area (Å²) in [6.07, 6.45) is 6.03. The minimum Gasteiger partial charge on any atom is -0.480 e. The van der Waals surface area contributed by atoms with Crippen LogP contribution >= 0.6 is 0 Å². The van der Waals surface area contributed by atoms with Crippen molar-refractivity contribution in [2.45, 2.75) is 25.7 Å². The minimum absolute atomic E-state index is 0.0634. The molecule has 1 amide bonds. The van der Waals surface area contributed by atoms with Crippen molar-refractivity contribution in [3.63, 3.8) is 0 Å². The second-order valence-electron chi connectivity index (χ2n) is 6.91. The van der Waals surface area contributed by atoms with Crippen LogP contribution in [0.3, 0.4) is 0 Å². The summed E-state index contributed by atoms with van der Waals surface area (Å²) in [6, 6.07) is 18.6. The number of terminal acetylenes is 1. The Hall–Kier alpha value is -4.58. The van der Waals surface area contributed by atoms with Crippen molar-refractivity contribution in [2.24, 2.45) is 0 Å². The Morgan fingerprint density at radius 3 is 2.12 bits per heavy atom. The minimum atomic E-state index is -1.44. The summed E-state index contributed by atoms with van der Waals surface area (Å²) < 4.78 is 11.4. The highest BCUT2D eigenvalue weighted by atomic mass is 16.6. The molecule has 0 aliphatic carbocycles. The number of aliphatic carboxylic acids is 1. The summed E-state index contributed by atoms with van der Waals surface area (Å²) in [7, 11) is 0. The van der Waals surface area contributed by atoms with E-state index in [4.69, 9.17) is 15.9 Å². The third-order valence-corrected chi connectivity index (χ3v) is 4.59. The molecule has 1 unspecified atom stereocenters. The molecule has 2 aromatic carbocycles. The van der Waals surface area contributed by atoms with Gasteiger partial charge >= 0.3 is 18.2 Å². The lowest BCUT2D eigenvalue weighted by Crippen LogP contribution is -2.43. The summed E-state index contributed by atoms with van der Waals surface area (Å²) in [5.74, 6) is -1.34. The molecule has 0 fully saturated rings. The number of carbonyl (C=O) groups excluding carboxylic acids is 2. The van der Waals surface area contributed by atoms with E-state index in [2.05, 4.69) is 11.0 Å². The van der Waals surface area contributed by atoms with Gasteiger partial charge in [0.15, 0.2) is 6.04 Å². The molecule has 0 radical (unpaired) electrons. The van der Waals surface area contributed by atoms with E-state index in [1.807, 2.05) is 36.4 Å². The van der Waals surface area contributed by atoms with Gasteiger partial charge in [-0.25, -0.2) is 28.8 Å². The van der Waals surface area contributed by atoms with Crippen molar-refractivity contribution in [3.05, 3.63) is 90.0 Å². The fourth-order valence-electron chi connectivity index (χ4n) is 2.91. The van der Waals surface area contributed by atoms with Gasteiger partial charge < -0.3 is 14.6 Å². The van der Waals surface area contributed by atoms with E-state index in [1.165, 1.54) is 12.5 Å². The Morgan fingerprint density at radius 1 is 1.00 bits per heavy atom. The lowest BCUT2D eigenvalue weighted by molar-refractivity contribution is -0.141. The van der Waals surface area contributed by atoms with Crippen LogP contribution in [0.1, 0.15) is 16.8 Å². The molecular formula is C24H21N3O6. The van der Waals surface area contributed by atoms with Gasteiger partial charge in [0.2, 0.25) is 0 Å². The van der Waals surface area contributed by atoms with Crippen LogP contribution in [0.4, 0.5) is 9.59 Å². The molecule has 0 spiro atoms. The number of hydrogen-bond donors (Lipinski definition) is 1. The van der Waals surface area contributed by atoms with Crippen molar-refractivity contribution < 1.29 is 29.0 Å². The van der Waals surface area contributed by atoms with Crippen molar-refractivity contribution in [3.8, 4) is 12.5 Å². The van der Waals surface area contributed by atoms with Crippen LogP contribution in [-0.2, 0) is 33.9 Å². The molecule has 0 aliphatic heterocycles. The maximum absolute atomic E-state index is 12.4. The lowest BCUT2D eigenvalue weighted by Gasteiger charge is -2.22. The molecule has 0 saturated heterocycles. The number of aromatic nitrogens is 2. The average Bonchev–Trinajstić information content (AvgIpc) is 3.31. The molecule has 3 rings (SSSR count). The third-order valence-electron chi connectivity index (χ3n) is 4.59. The molecule has 168 valence electrons. The van der Waals surface area contributed by atoms with Gasteiger partial charge in [0, 0.05) is 18.7 Å². The van der Waals surface area contributed by atoms with Crippen LogP contribution in [-0.4, -0.2) is 43.8 Å². The van der Waals surface area contributed by atoms with E-state index in [9.17, 15) is 19.5 Å². The molecule has 9 nitrogen and oxygen atoms in total. The van der Waals surface area contributed by atoms with Gasteiger partial charge in [0.25, 0.3) is 0 Å². The SMILES string of the molecule is C#CN(C(=O)OCc1ccccc1)C(Cc1cn(C(=O)OCc2ccccc2)cn1)C(=O)O. The number of amides is 1. The van der Waals surface area contributed by atoms with E-state index < -0.39 is 24.2 Å². The quantitative estimate of drug-likeness (QED) is 0.417. The summed E-state index contributed by atoms with van der Waals surface area (Å²) in [4.78, 5) is 41.1. The Labute approximate surface area is 190 Å². The second-order valence-corrected chi connectivity index (χ2v) is 6.91. The van der Waals surface area contributed by atoms with Gasteiger partial charge in [-0.3, -0.25) is 0 Å². The molecule has 0 bridgehead atoms. The zero-order chi connectivity index (χ0) is 23.6. The number of hydrogen-bond acceptors (Lipinski definition) is 6. The maximum atomic E-state index is 12.4. The topological polar surface area (TPSA) is 111 Å². The zero-order valence-electron chi connectivity index (χ0n) is 17.5. The highest BCUT2D eigenvalue weighted by molar-refractivity contribution is 5.81.